The molecule has 0 saturated carbocycles. The van der Waals surface area contributed by atoms with Crippen molar-refractivity contribution in [3.63, 3.8) is 0 Å². The number of aromatic nitrogens is 4. The molecule has 12 aromatic carbocycles. The Balaban J connectivity index is 0.000000138. The molecule has 2 aliphatic rings. The van der Waals surface area contributed by atoms with Crippen LogP contribution in [0, 0.1) is 0 Å². The largest absolute Gasteiger partial charge is 2.00 e. The molecule has 3 aromatic heterocycles. The molecule has 99 heavy (non-hydrogen) atoms. The molecular weight excluding hydrogens is 1240 g/mol. The molecule has 1 radical (unpaired) electrons. The molecular formula is C92H70B2MnN4. The van der Waals surface area contributed by atoms with Gasteiger partial charge in [-0.05, 0) is 70.8 Å². The summed E-state index contributed by atoms with van der Waals surface area (Å²) in [5.41, 5.74) is 26.9. The first kappa shape index (κ1) is 64.2. The van der Waals surface area contributed by atoms with Gasteiger partial charge in [0.1, 0.15) is 12.3 Å². The molecule has 0 unspecified atom stereocenters. The second-order valence-electron chi connectivity index (χ2n) is 25.0. The van der Waals surface area contributed by atoms with E-state index in [1.807, 2.05) is 24.3 Å². The van der Waals surface area contributed by atoms with Gasteiger partial charge < -0.3 is 9.97 Å². The number of hydrogen-bond acceptors (Lipinski definition) is 2. The molecule has 2 N–H and O–H groups in total. The van der Waals surface area contributed by atoms with Crippen LogP contribution in [-0.4, -0.2) is 32.2 Å². The Morgan fingerprint density at radius 3 is 0.465 bits per heavy atom. The van der Waals surface area contributed by atoms with Crippen molar-refractivity contribution >= 4 is 102 Å². The van der Waals surface area contributed by atoms with Crippen molar-refractivity contribution in [1.29, 1.82) is 0 Å². The number of nitrogens with zero attached hydrogens (tertiary/aromatic N) is 2. The number of H-pyrrole nitrogens is 2. The maximum absolute atomic E-state index is 5.35. The average Bonchev–Trinajstić information content (AvgIpc) is 1.45. The van der Waals surface area contributed by atoms with Crippen molar-refractivity contribution in [2.24, 2.45) is 0 Å². The Bertz CT molecular complexity index is 4540. The topological polar surface area (TPSA) is 57.4 Å². The molecule has 0 atom stereocenters. The van der Waals surface area contributed by atoms with E-state index in [4.69, 9.17) is 9.97 Å². The first-order valence-electron chi connectivity index (χ1n) is 33.8. The van der Waals surface area contributed by atoms with Gasteiger partial charge in [0.2, 0.25) is 0 Å². The van der Waals surface area contributed by atoms with Gasteiger partial charge in [0.05, 0.1) is 22.8 Å². The second-order valence-corrected chi connectivity index (χ2v) is 25.0. The zero-order valence-electron chi connectivity index (χ0n) is 54.7. The predicted octanol–water partition coefficient (Wildman–Crippen LogP) is 17.4. The van der Waals surface area contributed by atoms with E-state index < -0.39 is 12.3 Å². The molecule has 8 bridgehead atoms. The molecule has 4 nitrogen and oxygen atoms in total. The molecule has 0 aliphatic carbocycles. The minimum atomic E-state index is -1.22. The van der Waals surface area contributed by atoms with E-state index in [2.05, 4.69) is 398 Å². The smallest absolute Gasteiger partial charge is 0.354 e. The van der Waals surface area contributed by atoms with Crippen molar-refractivity contribution < 1.29 is 17.1 Å². The molecule has 7 heteroatoms. The van der Waals surface area contributed by atoms with Gasteiger partial charge in [0, 0.05) is 44.3 Å². The summed E-state index contributed by atoms with van der Waals surface area (Å²) in [7, 11) is 0. The average molecular weight is 1310 g/mol. The van der Waals surface area contributed by atoms with Crippen molar-refractivity contribution in [3.8, 4) is 44.5 Å². The van der Waals surface area contributed by atoms with Crippen molar-refractivity contribution in [1.82, 2.24) is 19.9 Å². The summed E-state index contributed by atoms with van der Waals surface area (Å²) >= 11 is 0. The minimum absolute atomic E-state index is 0. The Labute approximate surface area is 590 Å². The van der Waals surface area contributed by atoms with Crippen LogP contribution in [0.4, 0.5) is 0 Å². The van der Waals surface area contributed by atoms with Gasteiger partial charge in [0.15, 0.2) is 0 Å². The Morgan fingerprint density at radius 1 is 0.172 bits per heavy atom. The fourth-order valence-corrected chi connectivity index (χ4v) is 15.1. The summed E-state index contributed by atoms with van der Waals surface area (Å²) in [4.78, 5) is 18.3. The van der Waals surface area contributed by atoms with Crippen LogP contribution in [0.15, 0.2) is 388 Å². The third kappa shape index (κ3) is 13.0. The van der Waals surface area contributed by atoms with Crippen LogP contribution in [0.5, 0.6) is 0 Å². The number of nitrogens with one attached hydrogen (secondary N) is 2. The molecule has 15 aromatic rings. The SMILES string of the molecule is C1=Cc2nc1c(-c1ccccc1)c1ccc([nH]1)c(-c1ccccc1)c1nc(c(-c3ccccc3)c3ccc([nH]3)c2-c2ccccc2)C=C1.[Mn+2].c1ccc([B-](c2ccccc2)(c2ccccc2)c2ccccc2)cc1.c1ccc([B-](c2ccccc2)(c2ccccc2)c2ccccc2)cc1. The maximum Gasteiger partial charge on any atom is 2.00 e. The van der Waals surface area contributed by atoms with Gasteiger partial charge >= 0.3 is 17.1 Å². The van der Waals surface area contributed by atoms with Crippen LogP contribution in [-0.2, 0) is 17.1 Å². The molecule has 471 valence electrons. The summed E-state index contributed by atoms with van der Waals surface area (Å²) in [5, 5.41) is 0. The van der Waals surface area contributed by atoms with Crippen LogP contribution in [0.2, 0.25) is 0 Å². The molecule has 0 saturated heterocycles. The van der Waals surface area contributed by atoms with E-state index in [0.29, 0.717) is 0 Å². The molecule has 5 heterocycles. The first-order valence-corrected chi connectivity index (χ1v) is 33.8. The van der Waals surface area contributed by atoms with Crippen LogP contribution in [0.25, 0.3) is 90.9 Å². The quantitative estimate of drug-likeness (QED) is 0.120. The predicted molar refractivity (Wildman–Crippen MR) is 421 cm³/mol. The maximum atomic E-state index is 5.35. The van der Waals surface area contributed by atoms with Crippen LogP contribution < -0.4 is 43.7 Å². The van der Waals surface area contributed by atoms with E-state index in [1.165, 1.54) is 43.7 Å². The van der Waals surface area contributed by atoms with Crippen LogP contribution >= 0.6 is 0 Å². The van der Waals surface area contributed by atoms with Gasteiger partial charge in [-0.3, -0.25) is 0 Å². The van der Waals surface area contributed by atoms with Crippen LogP contribution in [0.3, 0.4) is 0 Å². The number of hydrogen-bond donors (Lipinski definition) is 2. The Kier molecular flexibility index (Phi) is 19.4. The molecule has 2 aliphatic heterocycles. The van der Waals surface area contributed by atoms with Gasteiger partial charge in [0.25, 0.3) is 0 Å². The van der Waals surface area contributed by atoms with Gasteiger partial charge in [-0.2, -0.15) is 43.7 Å². The van der Waals surface area contributed by atoms with Crippen molar-refractivity contribution in [3.05, 3.63) is 411 Å². The summed E-state index contributed by atoms with van der Waals surface area (Å²) in [6.45, 7) is 0. The molecule has 0 fully saturated rings. The monoisotopic (exact) mass is 1310 g/mol. The summed E-state index contributed by atoms with van der Waals surface area (Å²) in [5.74, 6) is 0. The van der Waals surface area contributed by atoms with Gasteiger partial charge in [-0.1, -0.05) is 364 Å². The third-order valence-electron chi connectivity index (χ3n) is 19.4. The number of benzene rings is 12. The van der Waals surface area contributed by atoms with Crippen LogP contribution in [0.1, 0.15) is 22.8 Å². The number of aromatic amines is 2. The zero-order chi connectivity index (χ0) is 65.8. The van der Waals surface area contributed by atoms with E-state index in [1.54, 1.807) is 0 Å². The molecule has 17 rings (SSSR count). The Hall–Kier alpha value is -12.1. The number of rotatable bonds is 12. The van der Waals surface area contributed by atoms with E-state index in [-0.39, 0.29) is 17.1 Å². The van der Waals surface area contributed by atoms with Gasteiger partial charge in [-0.15, -0.1) is 0 Å². The summed E-state index contributed by atoms with van der Waals surface area (Å²) in [6.07, 6.45) is 6.11. The zero-order valence-corrected chi connectivity index (χ0v) is 55.9. The van der Waals surface area contributed by atoms with Crippen molar-refractivity contribution in [2.45, 2.75) is 0 Å². The summed E-state index contributed by atoms with van der Waals surface area (Å²) < 4.78 is 0. The third-order valence-corrected chi connectivity index (χ3v) is 19.4. The minimum Gasteiger partial charge on any atom is -0.354 e. The second kappa shape index (κ2) is 29.9. The van der Waals surface area contributed by atoms with E-state index in [0.717, 1.165) is 89.4 Å². The van der Waals surface area contributed by atoms with Gasteiger partial charge in [-0.25, -0.2) is 9.97 Å². The van der Waals surface area contributed by atoms with E-state index >= 15 is 0 Å². The normalized spacial score (nSPS) is 11.5. The van der Waals surface area contributed by atoms with Crippen molar-refractivity contribution in [2.75, 3.05) is 0 Å². The summed E-state index contributed by atoms with van der Waals surface area (Å²) in [6, 6.07) is 138. The van der Waals surface area contributed by atoms with E-state index in [9.17, 15) is 0 Å². The first-order chi connectivity index (χ1) is 48.6. The fourth-order valence-electron chi connectivity index (χ4n) is 15.1. The Morgan fingerprint density at radius 2 is 0.313 bits per heavy atom. The fraction of sp³-hybridized carbons (Fsp3) is 0. The molecule has 0 spiro atoms. The number of fused-ring (bicyclic) bond motifs is 8. The standard InChI is InChI=1S/C44H30N4.2C24H20B.Mn/c1-5-13-29(14-6-1)41-33-21-23-35(45-33)42(30-15-7-2-8-16-30)37-25-27-39(47-37)44(32-19-11-4-12-20-32)40-28-26-38(48-40)43(31-17-9-3-10-18-31)36-24-22-34(41)46-36;2*1-5-13-21(14-6-1)25(22-15-7-2-8-16-22,23-17-9-3-10-18-23)24-19-11-4-12-20-24;/h1-28,45,48H;2*1-20H;/q;2*-1;+2. The molecule has 0 amide bonds.